The van der Waals surface area contributed by atoms with Crippen LogP contribution in [-0.2, 0) is 27.1 Å². The van der Waals surface area contributed by atoms with Gasteiger partial charge >= 0.3 is 5.69 Å². The van der Waals surface area contributed by atoms with E-state index in [0.717, 1.165) is 10.1 Å². The Labute approximate surface area is 158 Å². The molecule has 0 aliphatic carbocycles. The molecule has 0 unspecified atom stereocenters. The van der Waals surface area contributed by atoms with E-state index in [-0.39, 0.29) is 46.9 Å². The maximum absolute atomic E-state index is 13.0. The zero-order valence-corrected chi connectivity index (χ0v) is 15.7. The number of imidazole rings is 1. The number of rotatable bonds is 3. The van der Waals surface area contributed by atoms with Crippen LogP contribution < -0.4 is 16.8 Å². The SMILES string of the molecule is CCc1c(O)n2c3c(=O)n(C)c(=O)n(C)c3nc2n(Cc2ccccc2)c1=O. The molecule has 0 atom stereocenters. The lowest BCUT2D eigenvalue weighted by molar-refractivity contribution is 0.435. The van der Waals surface area contributed by atoms with Gasteiger partial charge < -0.3 is 5.11 Å². The number of fused-ring (bicyclic) bond motifs is 3. The van der Waals surface area contributed by atoms with Gasteiger partial charge in [-0.25, -0.2) is 9.20 Å². The quantitative estimate of drug-likeness (QED) is 0.552. The fourth-order valence-electron chi connectivity index (χ4n) is 3.47. The van der Waals surface area contributed by atoms with Gasteiger partial charge in [0.1, 0.15) is 0 Å². The largest absolute Gasteiger partial charge is 0.494 e. The standard InChI is InChI=1S/C19H19N5O4/c1-4-12-15(25)23(10-11-8-6-5-7-9-11)18-20-14-13(24(18)16(12)26)17(27)22(3)19(28)21(14)2/h5-9,26H,4,10H2,1-3H3. The van der Waals surface area contributed by atoms with Crippen LogP contribution in [0.1, 0.15) is 18.1 Å². The van der Waals surface area contributed by atoms with Crippen molar-refractivity contribution in [2.45, 2.75) is 19.9 Å². The molecule has 0 aliphatic heterocycles. The predicted molar refractivity (Wildman–Crippen MR) is 104 cm³/mol. The first-order valence-corrected chi connectivity index (χ1v) is 8.83. The Morgan fingerprint density at radius 3 is 2.32 bits per heavy atom. The summed E-state index contributed by atoms with van der Waals surface area (Å²) in [6, 6.07) is 9.34. The Hall–Kier alpha value is -3.62. The van der Waals surface area contributed by atoms with Crippen molar-refractivity contribution in [1.29, 1.82) is 0 Å². The molecule has 4 aromatic rings. The normalized spacial score (nSPS) is 11.5. The fourth-order valence-corrected chi connectivity index (χ4v) is 3.47. The Morgan fingerprint density at radius 2 is 1.68 bits per heavy atom. The second-order valence-electron chi connectivity index (χ2n) is 6.66. The molecule has 1 N–H and O–H groups in total. The third-order valence-corrected chi connectivity index (χ3v) is 5.00. The van der Waals surface area contributed by atoms with Crippen molar-refractivity contribution >= 4 is 16.9 Å². The minimum Gasteiger partial charge on any atom is -0.494 e. The molecule has 0 saturated carbocycles. The average Bonchev–Trinajstić information content (AvgIpc) is 3.10. The summed E-state index contributed by atoms with van der Waals surface area (Å²) in [5.41, 5.74) is -0.299. The van der Waals surface area contributed by atoms with Crippen LogP contribution in [0.4, 0.5) is 0 Å². The van der Waals surface area contributed by atoms with Crippen molar-refractivity contribution in [3.05, 3.63) is 72.7 Å². The van der Waals surface area contributed by atoms with Crippen LogP contribution in [0.3, 0.4) is 0 Å². The highest BCUT2D eigenvalue weighted by Crippen LogP contribution is 2.22. The molecule has 4 rings (SSSR count). The zero-order chi connectivity index (χ0) is 20.2. The Kier molecular flexibility index (Phi) is 3.95. The predicted octanol–water partition coefficient (Wildman–Crippen LogP) is 0.363. The fraction of sp³-hybridized carbons (Fsp3) is 0.263. The third kappa shape index (κ3) is 2.32. The number of aromatic hydroxyl groups is 1. The van der Waals surface area contributed by atoms with Gasteiger partial charge in [-0.15, -0.1) is 0 Å². The van der Waals surface area contributed by atoms with Gasteiger partial charge in [0, 0.05) is 14.1 Å². The van der Waals surface area contributed by atoms with E-state index in [9.17, 15) is 19.5 Å². The lowest BCUT2D eigenvalue weighted by Gasteiger charge is -2.12. The molecule has 0 radical (unpaired) electrons. The summed E-state index contributed by atoms with van der Waals surface area (Å²) in [5, 5.41) is 10.8. The van der Waals surface area contributed by atoms with Crippen LogP contribution in [0.5, 0.6) is 5.88 Å². The van der Waals surface area contributed by atoms with Gasteiger partial charge in [-0.2, -0.15) is 4.98 Å². The van der Waals surface area contributed by atoms with Gasteiger partial charge in [-0.3, -0.25) is 23.3 Å². The summed E-state index contributed by atoms with van der Waals surface area (Å²) in [7, 11) is 2.86. The van der Waals surface area contributed by atoms with Gasteiger partial charge in [0.05, 0.1) is 12.1 Å². The minimum absolute atomic E-state index is 0.0496. The number of benzene rings is 1. The van der Waals surface area contributed by atoms with Crippen LogP contribution in [-0.4, -0.2) is 28.2 Å². The van der Waals surface area contributed by atoms with Crippen molar-refractivity contribution in [3.8, 4) is 5.88 Å². The Bertz CT molecular complexity index is 1410. The average molecular weight is 381 g/mol. The highest BCUT2D eigenvalue weighted by atomic mass is 16.3. The van der Waals surface area contributed by atoms with E-state index in [1.807, 2.05) is 30.3 Å². The lowest BCUT2D eigenvalue weighted by atomic mass is 10.2. The number of nitrogens with zero attached hydrogens (tertiary/aromatic N) is 5. The van der Waals surface area contributed by atoms with Crippen molar-refractivity contribution in [1.82, 2.24) is 23.1 Å². The van der Waals surface area contributed by atoms with Crippen molar-refractivity contribution in [3.63, 3.8) is 0 Å². The molecule has 0 aliphatic rings. The number of aromatic nitrogens is 5. The smallest absolute Gasteiger partial charge is 0.332 e. The van der Waals surface area contributed by atoms with E-state index in [1.165, 1.54) is 27.6 Å². The van der Waals surface area contributed by atoms with Crippen LogP contribution in [0.2, 0.25) is 0 Å². The molecule has 0 fully saturated rings. The third-order valence-electron chi connectivity index (χ3n) is 5.00. The van der Waals surface area contributed by atoms with E-state index in [0.29, 0.717) is 0 Å². The summed E-state index contributed by atoms with van der Waals surface area (Å²) < 4.78 is 4.86. The first kappa shape index (κ1) is 17.8. The van der Waals surface area contributed by atoms with E-state index in [4.69, 9.17) is 0 Å². The Morgan fingerprint density at radius 1 is 1.00 bits per heavy atom. The van der Waals surface area contributed by atoms with Crippen LogP contribution in [0.25, 0.3) is 16.9 Å². The molecule has 3 aromatic heterocycles. The maximum atomic E-state index is 13.0. The molecule has 1 aromatic carbocycles. The summed E-state index contributed by atoms with van der Waals surface area (Å²) >= 11 is 0. The number of hydrogen-bond acceptors (Lipinski definition) is 5. The molecule has 144 valence electrons. The first-order chi connectivity index (χ1) is 13.4. The summed E-state index contributed by atoms with van der Waals surface area (Å²) in [6.45, 7) is 1.97. The van der Waals surface area contributed by atoms with E-state index < -0.39 is 11.2 Å². The monoisotopic (exact) mass is 381 g/mol. The van der Waals surface area contributed by atoms with Crippen molar-refractivity contribution in [2.24, 2.45) is 14.1 Å². The second kappa shape index (κ2) is 6.22. The molecule has 3 heterocycles. The lowest BCUT2D eigenvalue weighted by Crippen LogP contribution is -2.37. The van der Waals surface area contributed by atoms with Crippen LogP contribution >= 0.6 is 0 Å². The highest BCUT2D eigenvalue weighted by molar-refractivity contribution is 5.76. The van der Waals surface area contributed by atoms with Gasteiger partial charge in [0.15, 0.2) is 11.2 Å². The van der Waals surface area contributed by atoms with Gasteiger partial charge in [-0.1, -0.05) is 37.3 Å². The molecule has 28 heavy (non-hydrogen) atoms. The van der Waals surface area contributed by atoms with Gasteiger partial charge in [-0.05, 0) is 12.0 Å². The van der Waals surface area contributed by atoms with E-state index in [1.54, 1.807) is 6.92 Å². The zero-order valence-electron chi connectivity index (χ0n) is 15.7. The second-order valence-corrected chi connectivity index (χ2v) is 6.66. The molecule has 9 nitrogen and oxygen atoms in total. The molecular formula is C19H19N5O4. The molecule has 0 spiro atoms. The van der Waals surface area contributed by atoms with Crippen LogP contribution in [0.15, 0.2) is 44.7 Å². The minimum atomic E-state index is -0.590. The van der Waals surface area contributed by atoms with Crippen molar-refractivity contribution in [2.75, 3.05) is 0 Å². The van der Waals surface area contributed by atoms with Crippen LogP contribution in [0, 0.1) is 0 Å². The summed E-state index contributed by atoms with van der Waals surface area (Å²) in [6.07, 6.45) is 0.279. The first-order valence-electron chi connectivity index (χ1n) is 8.83. The molecular weight excluding hydrogens is 362 g/mol. The maximum Gasteiger partial charge on any atom is 0.332 e. The van der Waals surface area contributed by atoms with Crippen molar-refractivity contribution < 1.29 is 5.11 Å². The molecule has 0 amide bonds. The topological polar surface area (TPSA) is 104 Å². The molecule has 0 saturated heterocycles. The summed E-state index contributed by atoms with van der Waals surface area (Å²) in [4.78, 5) is 42.5. The highest BCUT2D eigenvalue weighted by Gasteiger charge is 2.23. The summed E-state index contributed by atoms with van der Waals surface area (Å²) in [5.74, 6) is -0.220. The molecule has 0 bridgehead atoms. The van der Waals surface area contributed by atoms with E-state index >= 15 is 0 Å². The number of aryl methyl sites for hydroxylation is 1. The molecule has 9 heteroatoms. The Balaban J connectivity index is 2.23. The van der Waals surface area contributed by atoms with E-state index in [2.05, 4.69) is 4.98 Å². The number of hydrogen-bond donors (Lipinski definition) is 1. The van der Waals surface area contributed by atoms with Gasteiger partial charge in [0.2, 0.25) is 11.7 Å². The van der Waals surface area contributed by atoms with Gasteiger partial charge in [0.25, 0.3) is 11.1 Å².